The maximum Gasteiger partial charge on any atom is 0.276 e. The molecule has 0 aliphatic carbocycles. The van der Waals surface area contributed by atoms with Crippen molar-refractivity contribution in [2.75, 3.05) is 32.7 Å². The van der Waals surface area contributed by atoms with Crippen molar-refractivity contribution in [1.82, 2.24) is 29.5 Å². The summed E-state index contributed by atoms with van der Waals surface area (Å²) in [6.07, 6.45) is 5.10. The zero-order chi connectivity index (χ0) is 21.2. The Morgan fingerprint density at radius 3 is 2.77 bits per heavy atom. The smallest absolute Gasteiger partial charge is 0.276 e. The molecule has 4 aromatic rings. The number of hydrogen-bond acceptors (Lipinski definition) is 6. The van der Waals surface area contributed by atoms with Gasteiger partial charge in [-0.25, -0.2) is 9.37 Å². The van der Waals surface area contributed by atoms with E-state index >= 15 is 0 Å². The number of hydrogen-bond donors (Lipinski definition) is 0. The van der Waals surface area contributed by atoms with Crippen LogP contribution < -0.4 is 0 Å². The van der Waals surface area contributed by atoms with Gasteiger partial charge in [-0.05, 0) is 24.3 Å². The Balaban J connectivity index is 1.16. The Morgan fingerprint density at radius 1 is 1.10 bits per heavy atom. The fourth-order valence-corrected chi connectivity index (χ4v) is 3.82. The van der Waals surface area contributed by atoms with Gasteiger partial charge in [0.05, 0.1) is 17.4 Å². The number of halogens is 1. The summed E-state index contributed by atoms with van der Waals surface area (Å²) < 4.78 is 20.7. The van der Waals surface area contributed by atoms with Gasteiger partial charge in [-0.1, -0.05) is 5.16 Å². The Kier molecular flexibility index (Phi) is 5.17. The van der Waals surface area contributed by atoms with Crippen LogP contribution in [0.3, 0.4) is 0 Å². The van der Waals surface area contributed by atoms with Gasteiger partial charge in [0.2, 0.25) is 0 Å². The molecular weight excluding hydrogens is 399 g/mol. The van der Waals surface area contributed by atoms with Gasteiger partial charge in [0, 0.05) is 69.4 Å². The van der Waals surface area contributed by atoms with E-state index in [-0.39, 0.29) is 11.7 Å². The number of nitrogens with zero attached hydrogens (tertiary/aromatic N) is 6. The minimum absolute atomic E-state index is 0.124. The van der Waals surface area contributed by atoms with Crippen LogP contribution in [-0.4, -0.2) is 68.1 Å². The van der Waals surface area contributed by atoms with E-state index in [1.54, 1.807) is 35.8 Å². The summed E-state index contributed by atoms with van der Waals surface area (Å²) in [4.78, 5) is 25.2. The van der Waals surface area contributed by atoms with Gasteiger partial charge >= 0.3 is 0 Å². The van der Waals surface area contributed by atoms with E-state index in [2.05, 4.69) is 20.0 Å². The first kappa shape index (κ1) is 19.4. The monoisotopic (exact) mass is 420 g/mol. The van der Waals surface area contributed by atoms with Crippen molar-refractivity contribution in [1.29, 1.82) is 0 Å². The van der Waals surface area contributed by atoms with Gasteiger partial charge in [0.25, 0.3) is 5.91 Å². The predicted molar refractivity (Wildman–Crippen MR) is 112 cm³/mol. The summed E-state index contributed by atoms with van der Waals surface area (Å²) in [5, 5.41) is 3.95. The molecule has 1 aromatic carbocycles. The highest BCUT2D eigenvalue weighted by atomic mass is 19.1. The first-order valence-corrected chi connectivity index (χ1v) is 10.2. The molecule has 31 heavy (non-hydrogen) atoms. The second kappa shape index (κ2) is 8.27. The van der Waals surface area contributed by atoms with Crippen LogP contribution in [0, 0.1) is 5.82 Å². The number of pyridine rings is 1. The number of amides is 1. The fourth-order valence-electron chi connectivity index (χ4n) is 3.82. The lowest BCUT2D eigenvalue weighted by Gasteiger charge is -2.34. The average Bonchev–Trinajstić information content (AvgIpc) is 3.45. The van der Waals surface area contributed by atoms with E-state index in [0.717, 1.165) is 37.3 Å². The Hall–Kier alpha value is -3.59. The molecule has 0 saturated carbocycles. The number of carbonyl (C=O) groups excluding carboxylic acids is 1. The Bertz CT molecular complexity index is 1200. The third-order valence-electron chi connectivity index (χ3n) is 5.58. The van der Waals surface area contributed by atoms with Gasteiger partial charge in [0.1, 0.15) is 5.82 Å². The summed E-state index contributed by atoms with van der Waals surface area (Å²) in [5.74, 6) is 0.127. The zero-order valence-corrected chi connectivity index (χ0v) is 16.8. The molecular formula is C22H21FN6O2. The molecule has 3 aromatic heterocycles. The maximum absolute atomic E-state index is 13.3. The van der Waals surface area contributed by atoms with E-state index in [9.17, 15) is 9.18 Å². The van der Waals surface area contributed by atoms with Gasteiger partial charge in [0.15, 0.2) is 11.5 Å². The SMILES string of the molecule is O=C(c1cc(-c2cccnc2)on1)N1CCN(CCn2cnc3cc(F)ccc32)CC1. The standard InChI is InChI=1S/C22H21FN6O2/c23-17-3-4-20-18(12-17)25-15-29(20)11-8-27-6-9-28(10-7-27)22(30)19-13-21(31-26-19)16-2-1-5-24-14-16/h1-5,12-15H,6-11H2. The summed E-state index contributed by atoms with van der Waals surface area (Å²) in [6.45, 7) is 4.40. The van der Waals surface area contributed by atoms with Crippen LogP contribution in [0.5, 0.6) is 0 Å². The Labute approximate surface area is 177 Å². The third kappa shape index (κ3) is 4.04. The first-order valence-electron chi connectivity index (χ1n) is 10.2. The van der Waals surface area contributed by atoms with Crippen molar-refractivity contribution < 1.29 is 13.7 Å². The lowest BCUT2D eigenvalue weighted by Crippen LogP contribution is -2.49. The molecule has 0 unspecified atom stereocenters. The van der Waals surface area contributed by atoms with Crippen molar-refractivity contribution in [3.8, 4) is 11.3 Å². The molecule has 158 valence electrons. The molecule has 5 rings (SSSR count). The normalized spacial score (nSPS) is 14.9. The van der Waals surface area contributed by atoms with E-state index in [1.165, 1.54) is 12.1 Å². The van der Waals surface area contributed by atoms with Crippen molar-refractivity contribution in [2.24, 2.45) is 0 Å². The molecule has 1 aliphatic heterocycles. The topological polar surface area (TPSA) is 80.3 Å². The molecule has 1 saturated heterocycles. The highest BCUT2D eigenvalue weighted by Gasteiger charge is 2.24. The van der Waals surface area contributed by atoms with E-state index < -0.39 is 0 Å². The van der Waals surface area contributed by atoms with Gasteiger partial charge in [-0.15, -0.1) is 0 Å². The molecule has 8 nitrogen and oxygen atoms in total. The van der Waals surface area contributed by atoms with Crippen LogP contribution in [0.2, 0.25) is 0 Å². The van der Waals surface area contributed by atoms with E-state index in [0.29, 0.717) is 30.1 Å². The van der Waals surface area contributed by atoms with Gasteiger partial charge in [-0.2, -0.15) is 0 Å². The van der Waals surface area contributed by atoms with Crippen molar-refractivity contribution >= 4 is 16.9 Å². The second-order valence-corrected chi connectivity index (χ2v) is 7.52. The predicted octanol–water partition coefficient (Wildman–Crippen LogP) is 2.68. The zero-order valence-electron chi connectivity index (χ0n) is 16.8. The van der Waals surface area contributed by atoms with Gasteiger partial charge in [-0.3, -0.25) is 14.7 Å². The van der Waals surface area contributed by atoms with Crippen molar-refractivity contribution in [2.45, 2.75) is 6.54 Å². The highest BCUT2D eigenvalue weighted by Crippen LogP contribution is 2.20. The van der Waals surface area contributed by atoms with Crippen molar-refractivity contribution in [3.05, 3.63) is 66.6 Å². The van der Waals surface area contributed by atoms with E-state index in [4.69, 9.17) is 4.52 Å². The molecule has 1 aliphatic rings. The lowest BCUT2D eigenvalue weighted by molar-refractivity contribution is 0.0623. The fraction of sp³-hybridized carbons (Fsp3) is 0.273. The molecule has 0 atom stereocenters. The summed E-state index contributed by atoms with van der Waals surface area (Å²) in [5.41, 5.74) is 2.68. The molecule has 4 heterocycles. The third-order valence-corrected chi connectivity index (χ3v) is 5.58. The quantitative estimate of drug-likeness (QED) is 0.494. The molecule has 0 radical (unpaired) electrons. The number of fused-ring (bicyclic) bond motifs is 1. The minimum atomic E-state index is -0.279. The lowest BCUT2D eigenvalue weighted by atomic mass is 10.2. The number of benzene rings is 1. The molecule has 1 fully saturated rings. The second-order valence-electron chi connectivity index (χ2n) is 7.52. The largest absolute Gasteiger partial charge is 0.355 e. The summed E-state index contributed by atoms with van der Waals surface area (Å²) in [7, 11) is 0. The number of imidazole rings is 1. The van der Waals surface area contributed by atoms with Crippen LogP contribution in [0.15, 0.2) is 59.6 Å². The first-order chi connectivity index (χ1) is 15.2. The summed E-state index contributed by atoms with van der Waals surface area (Å²) in [6, 6.07) is 9.99. The Morgan fingerprint density at radius 2 is 1.97 bits per heavy atom. The molecule has 1 amide bonds. The van der Waals surface area contributed by atoms with Gasteiger partial charge < -0.3 is 14.0 Å². The van der Waals surface area contributed by atoms with E-state index in [1.807, 2.05) is 16.7 Å². The number of rotatable bonds is 5. The molecule has 0 N–H and O–H groups in total. The molecule has 0 bridgehead atoms. The minimum Gasteiger partial charge on any atom is -0.355 e. The average molecular weight is 420 g/mol. The van der Waals surface area contributed by atoms with Crippen LogP contribution in [0.4, 0.5) is 4.39 Å². The number of carbonyl (C=O) groups is 1. The van der Waals surface area contributed by atoms with Crippen LogP contribution in [-0.2, 0) is 6.54 Å². The molecule has 9 heteroatoms. The molecule has 0 spiro atoms. The van der Waals surface area contributed by atoms with Crippen molar-refractivity contribution in [3.63, 3.8) is 0 Å². The van der Waals surface area contributed by atoms with Crippen LogP contribution >= 0.6 is 0 Å². The number of piperazine rings is 1. The highest BCUT2D eigenvalue weighted by molar-refractivity contribution is 5.93. The summed E-state index contributed by atoms with van der Waals surface area (Å²) >= 11 is 0. The van der Waals surface area contributed by atoms with Crippen LogP contribution in [0.25, 0.3) is 22.4 Å². The van der Waals surface area contributed by atoms with Crippen LogP contribution in [0.1, 0.15) is 10.5 Å². The number of aromatic nitrogens is 4. The maximum atomic E-state index is 13.3.